The van der Waals surface area contributed by atoms with E-state index in [0.717, 1.165) is 18.8 Å². The van der Waals surface area contributed by atoms with Gasteiger partial charge in [-0.05, 0) is 12.1 Å². The maximum Gasteiger partial charge on any atom is 0.226 e. The third-order valence-electron chi connectivity index (χ3n) is 2.17. The van der Waals surface area contributed by atoms with E-state index in [2.05, 4.69) is 15.6 Å². The Morgan fingerprint density at radius 3 is 2.94 bits per heavy atom. The predicted octanol–water partition coefficient (Wildman–Crippen LogP) is -0.0237. The van der Waals surface area contributed by atoms with Gasteiger partial charge in [-0.2, -0.15) is 0 Å². The van der Waals surface area contributed by atoms with Gasteiger partial charge in [0, 0.05) is 38.6 Å². The van der Waals surface area contributed by atoms with Crippen LogP contribution < -0.4 is 10.6 Å². The number of nitrogens with zero attached hydrogens (tertiary/aromatic N) is 1. The zero-order chi connectivity index (χ0) is 12.3. The molecule has 94 valence electrons. The number of amides is 1. The molecule has 5 nitrogen and oxygen atoms in total. The minimum Gasteiger partial charge on any atom is -0.383 e. The molecular weight excluding hydrogens is 218 g/mol. The van der Waals surface area contributed by atoms with Gasteiger partial charge in [0.15, 0.2) is 0 Å². The number of carbonyl (C=O) groups excluding carboxylic acids is 1. The SMILES string of the molecule is COCCNCCNC(=O)Cc1ccccn1. The quantitative estimate of drug-likeness (QED) is 0.624. The summed E-state index contributed by atoms with van der Waals surface area (Å²) in [5.74, 6) is -0.00255. The van der Waals surface area contributed by atoms with E-state index in [1.807, 2.05) is 18.2 Å². The molecule has 2 N–H and O–H groups in total. The van der Waals surface area contributed by atoms with Crippen molar-refractivity contribution in [2.75, 3.05) is 33.4 Å². The summed E-state index contributed by atoms with van der Waals surface area (Å²) in [6.07, 6.45) is 2.02. The summed E-state index contributed by atoms with van der Waals surface area (Å²) in [6, 6.07) is 5.56. The van der Waals surface area contributed by atoms with Gasteiger partial charge >= 0.3 is 0 Å². The topological polar surface area (TPSA) is 63.2 Å². The number of pyridine rings is 1. The Hall–Kier alpha value is -1.46. The van der Waals surface area contributed by atoms with Gasteiger partial charge in [-0.25, -0.2) is 0 Å². The molecule has 0 fully saturated rings. The van der Waals surface area contributed by atoms with Crippen LogP contribution in [0, 0.1) is 0 Å². The molecule has 0 aliphatic heterocycles. The smallest absolute Gasteiger partial charge is 0.226 e. The van der Waals surface area contributed by atoms with Crippen molar-refractivity contribution in [1.29, 1.82) is 0 Å². The maximum absolute atomic E-state index is 11.5. The van der Waals surface area contributed by atoms with Crippen LogP contribution in [0.4, 0.5) is 0 Å². The van der Waals surface area contributed by atoms with Crippen LogP contribution in [0.2, 0.25) is 0 Å². The minimum absolute atomic E-state index is 0.00255. The highest BCUT2D eigenvalue weighted by Gasteiger charge is 2.02. The third kappa shape index (κ3) is 6.65. The fourth-order valence-electron chi connectivity index (χ4n) is 1.32. The first-order valence-corrected chi connectivity index (χ1v) is 5.69. The summed E-state index contributed by atoms with van der Waals surface area (Å²) in [5.41, 5.74) is 0.789. The number of hydrogen-bond donors (Lipinski definition) is 2. The van der Waals surface area contributed by atoms with E-state index in [0.29, 0.717) is 19.6 Å². The zero-order valence-electron chi connectivity index (χ0n) is 10.1. The van der Waals surface area contributed by atoms with E-state index < -0.39 is 0 Å². The number of hydrogen-bond acceptors (Lipinski definition) is 4. The first-order chi connectivity index (χ1) is 8.33. The Labute approximate surface area is 102 Å². The van der Waals surface area contributed by atoms with Gasteiger partial charge in [-0.15, -0.1) is 0 Å². The molecule has 1 amide bonds. The van der Waals surface area contributed by atoms with Gasteiger partial charge in [0.2, 0.25) is 5.91 Å². The second-order valence-corrected chi connectivity index (χ2v) is 3.59. The van der Waals surface area contributed by atoms with E-state index in [-0.39, 0.29) is 5.91 Å². The number of aromatic nitrogens is 1. The Balaban J connectivity index is 2.06. The highest BCUT2D eigenvalue weighted by atomic mass is 16.5. The average Bonchev–Trinajstić information content (AvgIpc) is 2.35. The summed E-state index contributed by atoms with van der Waals surface area (Å²) in [6.45, 7) is 2.85. The van der Waals surface area contributed by atoms with Gasteiger partial charge < -0.3 is 15.4 Å². The molecule has 0 bridgehead atoms. The lowest BCUT2D eigenvalue weighted by atomic mass is 10.2. The molecule has 0 aromatic carbocycles. The molecule has 0 radical (unpaired) electrons. The molecule has 0 saturated heterocycles. The average molecular weight is 237 g/mol. The first-order valence-electron chi connectivity index (χ1n) is 5.69. The van der Waals surface area contributed by atoms with Crippen molar-refractivity contribution < 1.29 is 9.53 Å². The second kappa shape index (κ2) is 8.66. The van der Waals surface area contributed by atoms with Crippen molar-refractivity contribution in [3.8, 4) is 0 Å². The lowest BCUT2D eigenvalue weighted by Crippen LogP contribution is -2.33. The predicted molar refractivity (Wildman–Crippen MR) is 65.7 cm³/mol. The van der Waals surface area contributed by atoms with Crippen LogP contribution in [-0.2, 0) is 16.0 Å². The molecular formula is C12H19N3O2. The molecule has 0 aliphatic rings. The summed E-state index contributed by atoms with van der Waals surface area (Å²) in [4.78, 5) is 15.6. The number of ether oxygens (including phenoxy) is 1. The molecule has 1 aromatic heterocycles. The van der Waals surface area contributed by atoms with E-state index in [9.17, 15) is 4.79 Å². The van der Waals surface area contributed by atoms with Crippen LogP contribution in [0.3, 0.4) is 0 Å². The molecule has 1 heterocycles. The zero-order valence-corrected chi connectivity index (χ0v) is 10.1. The normalized spacial score (nSPS) is 10.2. The highest BCUT2D eigenvalue weighted by Crippen LogP contribution is 1.93. The van der Waals surface area contributed by atoms with E-state index >= 15 is 0 Å². The molecule has 0 spiro atoms. The lowest BCUT2D eigenvalue weighted by molar-refractivity contribution is -0.120. The Morgan fingerprint density at radius 1 is 1.35 bits per heavy atom. The monoisotopic (exact) mass is 237 g/mol. The fourth-order valence-corrected chi connectivity index (χ4v) is 1.32. The van der Waals surface area contributed by atoms with Crippen molar-refractivity contribution in [3.05, 3.63) is 30.1 Å². The second-order valence-electron chi connectivity index (χ2n) is 3.59. The highest BCUT2D eigenvalue weighted by molar-refractivity contribution is 5.78. The largest absolute Gasteiger partial charge is 0.383 e. The number of nitrogens with one attached hydrogen (secondary N) is 2. The first kappa shape index (κ1) is 13.6. The van der Waals surface area contributed by atoms with Crippen LogP contribution in [0.25, 0.3) is 0 Å². The van der Waals surface area contributed by atoms with Crippen molar-refractivity contribution >= 4 is 5.91 Å². The van der Waals surface area contributed by atoms with Gasteiger partial charge in [0.1, 0.15) is 0 Å². The van der Waals surface area contributed by atoms with Crippen molar-refractivity contribution in [2.45, 2.75) is 6.42 Å². The van der Waals surface area contributed by atoms with Gasteiger partial charge in [-0.3, -0.25) is 9.78 Å². The van der Waals surface area contributed by atoms with Crippen LogP contribution in [-0.4, -0.2) is 44.2 Å². The number of methoxy groups -OCH3 is 1. The van der Waals surface area contributed by atoms with Crippen molar-refractivity contribution in [3.63, 3.8) is 0 Å². The van der Waals surface area contributed by atoms with Crippen LogP contribution in [0.15, 0.2) is 24.4 Å². The summed E-state index contributed by atoms with van der Waals surface area (Å²) in [5, 5.41) is 5.98. The van der Waals surface area contributed by atoms with Gasteiger partial charge in [-0.1, -0.05) is 6.07 Å². The molecule has 1 aromatic rings. The summed E-state index contributed by atoms with van der Waals surface area (Å²) in [7, 11) is 1.66. The number of rotatable bonds is 8. The third-order valence-corrected chi connectivity index (χ3v) is 2.17. The van der Waals surface area contributed by atoms with E-state index in [1.54, 1.807) is 13.3 Å². The Bertz CT molecular complexity index is 317. The molecule has 1 rings (SSSR count). The van der Waals surface area contributed by atoms with Crippen molar-refractivity contribution in [1.82, 2.24) is 15.6 Å². The van der Waals surface area contributed by atoms with Crippen LogP contribution >= 0.6 is 0 Å². The molecule has 5 heteroatoms. The standard InChI is InChI=1S/C12H19N3O2/c1-17-9-8-13-6-7-15-12(16)10-11-4-2-3-5-14-11/h2-5,13H,6-10H2,1H3,(H,15,16). The van der Waals surface area contributed by atoms with Crippen LogP contribution in [0.5, 0.6) is 0 Å². The van der Waals surface area contributed by atoms with E-state index in [1.165, 1.54) is 0 Å². The van der Waals surface area contributed by atoms with E-state index in [4.69, 9.17) is 4.74 Å². The Kier molecular flexibility index (Phi) is 6.93. The maximum atomic E-state index is 11.5. The molecule has 0 unspecified atom stereocenters. The fraction of sp³-hybridized carbons (Fsp3) is 0.500. The molecule has 0 saturated carbocycles. The van der Waals surface area contributed by atoms with Gasteiger partial charge in [0.05, 0.1) is 13.0 Å². The minimum atomic E-state index is -0.00255. The lowest BCUT2D eigenvalue weighted by Gasteiger charge is -2.06. The molecule has 0 atom stereocenters. The Morgan fingerprint density at radius 2 is 2.24 bits per heavy atom. The summed E-state index contributed by atoms with van der Waals surface area (Å²) >= 11 is 0. The molecule has 17 heavy (non-hydrogen) atoms. The number of carbonyl (C=O) groups is 1. The van der Waals surface area contributed by atoms with Gasteiger partial charge in [0.25, 0.3) is 0 Å². The summed E-state index contributed by atoms with van der Waals surface area (Å²) < 4.78 is 4.89. The molecule has 0 aliphatic carbocycles. The van der Waals surface area contributed by atoms with Crippen LogP contribution in [0.1, 0.15) is 5.69 Å². The van der Waals surface area contributed by atoms with Crippen molar-refractivity contribution in [2.24, 2.45) is 0 Å².